The van der Waals surface area contributed by atoms with Crippen molar-refractivity contribution >= 4 is 11.3 Å². The molecule has 3 rings (SSSR count). The Morgan fingerprint density at radius 2 is 1.88 bits per heavy atom. The van der Waals surface area contributed by atoms with Gasteiger partial charge in [0.1, 0.15) is 10.0 Å². The van der Waals surface area contributed by atoms with Crippen LogP contribution in [0.2, 0.25) is 0 Å². The van der Waals surface area contributed by atoms with Crippen LogP contribution in [0.5, 0.6) is 0 Å². The van der Waals surface area contributed by atoms with Crippen LogP contribution in [0.25, 0.3) is 0 Å². The van der Waals surface area contributed by atoms with Gasteiger partial charge in [0, 0.05) is 32.2 Å². The van der Waals surface area contributed by atoms with Gasteiger partial charge in [0.05, 0.1) is 6.04 Å². The predicted octanol–water partition coefficient (Wildman–Crippen LogP) is 1.69. The van der Waals surface area contributed by atoms with Gasteiger partial charge < -0.3 is 0 Å². The largest absolute Gasteiger partial charge is 0.298 e. The van der Waals surface area contributed by atoms with Crippen molar-refractivity contribution < 1.29 is 0 Å². The van der Waals surface area contributed by atoms with Crippen molar-refractivity contribution in [3.05, 3.63) is 10.0 Å². The molecule has 0 unspecified atom stereocenters. The molecule has 0 aromatic carbocycles. The number of piperazine rings is 1. The van der Waals surface area contributed by atoms with Crippen LogP contribution in [0.1, 0.15) is 35.8 Å². The lowest BCUT2D eigenvalue weighted by Crippen LogP contribution is -2.47. The molecule has 2 aliphatic rings. The van der Waals surface area contributed by atoms with Crippen molar-refractivity contribution in [3.63, 3.8) is 0 Å². The van der Waals surface area contributed by atoms with Crippen molar-refractivity contribution in [2.24, 2.45) is 0 Å². The summed E-state index contributed by atoms with van der Waals surface area (Å²) < 4.78 is 0. The summed E-state index contributed by atoms with van der Waals surface area (Å²) in [7, 11) is 0. The van der Waals surface area contributed by atoms with Gasteiger partial charge in [0.15, 0.2) is 0 Å². The molecule has 1 atom stereocenters. The second-order valence-electron chi connectivity index (χ2n) is 5.14. The summed E-state index contributed by atoms with van der Waals surface area (Å²) in [5, 5.41) is 10.6. The fourth-order valence-corrected chi connectivity index (χ4v) is 3.35. The van der Waals surface area contributed by atoms with E-state index in [-0.39, 0.29) is 0 Å². The van der Waals surface area contributed by atoms with E-state index < -0.39 is 0 Å². The van der Waals surface area contributed by atoms with Gasteiger partial charge in [-0.05, 0) is 26.7 Å². The van der Waals surface area contributed by atoms with Crippen molar-refractivity contribution in [1.82, 2.24) is 20.0 Å². The SMILES string of the molecule is Cc1nnc([C@@H](C)N2CCN(C3CC3)CC2)s1. The third-order valence-electron chi connectivity index (χ3n) is 3.86. The van der Waals surface area contributed by atoms with Crippen LogP contribution in [-0.4, -0.2) is 52.2 Å². The van der Waals surface area contributed by atoms with Gasteiger partial charge in [-0.15, -0.1) is 21.5 Å². The van der Waals surface area contributed by atoms with Gasteiger partial charge in [-0.3, -0.25) is 9.80 Å². The lowest BCUT2D eigenvalue weighted by atomic mass is 10.2. The van der Waals surface area contributed by atoms with E-state index in [1.54, 1.807) is 11.3 Å². The van der Waals surface area contributed by atoms with Gasteiger partial charge in [-0.25, -0.2) is 0 Å². The molecule has 0 radical (unpaired) electrons. The zero-order valence-corrected chi connectivity index (χ0v) is 11.4. The highest BCUT2D eigenvalue weighted by molar-refractivity contribution is 7.11. The minimum absolute atomic E-state index is 0.433. The zero-order chi connectivity index (χ0) is 11.8. The van der Waals surface area contributed by atoms with Gasteiger partial charge in [-0.1, -0.05) is 0 Å². The molecule has 1 saturated carbocycles. The van der Waals surface area contributed by atoms with Gasteiger partial charge in [0.2, 0.25) is 0 Å². The first-order valence-electron chi connectivity index (χ1n) is 6.52. The number of aromatic nitrogens is 2. The molecular weight excluding hydrogens is 232 g/mol. The molecule has 17 heavy (non-hydrogen) atoms. The molecule has 1 saturated heterocycles. The fraction of sp³-hybridized carbons (Fsp3) is 0.833. The summed E-state index contributed by atoms with van der Waals surface area (Å²) in [5.74, 6) is 0. The van der Waals surface area contributed by atoms with Gasteiger partial charge >= 0.3 is 0 Å². The van der Waals surface area contributed by atoms with E-state index in [4.69, 9.17) is 0 Å². The molecular formula is C12H20N4S. The number of nitrogens with zero attached hydrogens (tertiary/aromatic N) is 4. The first-order chi connectivity index (χ1) is 8.24. The summed E-state index contributed by atoms with van der Waals surface area (Å²) in [5.41, 5.74) is 0. The lowest BCUT2D eigenvalue weighted by molar-refractivity contribution is 0.0971. The van der Waals surface area contributed by atoms with Crippen molar-refractivity contribution in [3.8, 4) is 0 Å². The van der Waals surface area contributed by atoms with Crippen LogP contribution in [0.4, 0.5) is 0 Å². The van der Waals surface area contributed by atoms with Crippen LogP contribution in [0.15, 0.2) is 0 Å². The molecule has 0 bridgehead atoms. The lowest BCUT2D eigenvalue weighted by Gasteiger charge is -2.37. The molecule has 1 aromatic heterocycles. The van der Waals surface area contributed by atoms with Crippen LogP contribution in [0.3, 0.4) is 0 Å². The maximum absolute atomic E-state index is 4.27. The van der Waals surface area contributed by atoms with E-state index in [1.165, 1.54) is 44.0 Å². The molecule has 1 aliphatic heterocycles. The van der Waals surface area contributed by atoms with Gasteiger partial charge in [0.25, 0.3) is 0 Å². The van der Waals surface area contributed by atoms with Crippen LogP contribution in [0, 0.1) is 6.92 Å². The molecule has 0 spiro atoms. The molecule has 1 aliphatic carbocycles. The monoisotopic (exact) mass is 252 g/mol. The second-order valence-corrected chi connectivity index (χ2v) is 6.35. The molecule has 1 aromatic rings. The number of hydrogen-bond acceptors (Lipinski definition) is 5. The van der Waals surface area contributed by atoms with Crippen LogP contribution in [-0.2, 0) is 0 Å². The Kier molecular flexibility index (Phi) is 3.15. The van der Waals surface area contributed by atoms with Crippen molar-refractivity contribution in [2.75, 3.05) is 26.2 Å². The van der Waals surface area contributed by atoms with Crippen molar-refractivity contribution in [2.45, 2.75) is 38.8 Å². The third kappa shape index (κ3) is 2.51. The quantitative estimate of drug-likeness (QED) is 0.819. The Hall–Kier alpha value is -0.520. The summed E-state index contributed by atoms with van der Waals surface area (Å²) in [6.45, 7) is 9.10. The van der Waals surface area contributed by atoms with Crippen LogP contribution < -0.4 is 0 Å². The number of rotatable bonds is 3. The maximum atomic E-state index is 4.27. The Balaban J connectivity index is 1.58. The second kappa shape index (κ2) is 4.63. The Morgan fingerprint density at radius 3 is 2.41 bits per heavy atom. The van der Waals surface area contributed by atoms with Crippen molar-refractivity contribution in [1.29, 1.82) is 0 Å². The highest BCUT2D eigenvalue weighted by atomic mass is 32.1. The predicted molar refractivity (Wildman–Crippen MR) is 69.2 cm³/mol. The van der Waals surface area contributed by atoms with E-state index in [0.29, 0.717) is 6.04 Å². The number of aryl methyl sites for hydroxylation is 1. The Morgan fingerprint density at radius 1 is 1.18 bits per heavy atom. The molecule has 0 N–H and O–H groups in total. The summed E-state index contributed by atoms with van der Waals surface area (Å²) >= 11 is 1.73. The Bertz CT molecular complexity index is 380. The average Bonchev–Trinajstić information content (AvgIpc) is 3.11. The standard InChI is InChI=1S/C12H20N4S/c1-9(12-14-13-10(2)17-12)15-5-7-16(8-6-15)11-3-4-11/h9,11H,3-8H2,1-2H3/t9-/m1/s1. The van der Waals surface area contributed by atoms with E-state index >= 15 is 0 Å². The highest BCUT2D eigenvalue weighted by Crippen LogP contribution is 2.30. The Labute approximate surface area is 107 Å². The molecule has 2 heterocycles. The first-order valence-corrected chi connectivity index (χ1v) is 7.34. The molecule has 2 fully saturated rings. The minimum atomic E-state index is 0.433. The maximum Gasteiger partial charge on any atom is 0.134 e. The highest BCUT2D eigenvalue weighted by Gasteiger charge is 2.32. The number of hydrogen-bond donors (Lipinski definition) is 0. The summed E-state index contributed by atoms with van der Waals surface area (Å²) in [4.78, 5) is 5.19. The third-order valence-corrected chi connectivity index (χ3v) is 4.87. The topological polar surface area (TPSA) is 32.3 Å². The molecule has 0 amide bonds. The molecule has 94 valence electrons. The fourth-order valence-electron chi connectivity index (χ4n) is 2.57. The van der Waals surface area contributed by atoms with Gasteiger partial charge in [-0.2, -0.15) is 0 Å². The summed E-state index contributed by atoms with van der Waals surface area (Å²) in [6, 6.07) is 1.35. The van der Waals surface area contributed by atoms with Crippen LogP contribution >= 0.6 is 11.3 Å². The smallest absolute Gasteiger partial charge is 0.134 e. The van der Waals surface area contributed by atoms with E-state index in [2.05, 4.69) is 26.9 Å². The molecule has 4 nitrogen and oxygen atoms in total. The summed E-state index contributed by atoms with van der Waals surface area (Å²) in [6.07, 6.45) is 2.84. The van der Waals surface area contributed by atoms with E-state index in [9.17, 15) is 0 Å². The zero-order valence-electron chi connectivity index (χ0n) is 10.6. The average molecular weight is 252 g/mol. The normalized spacial score (nSPS) is 25.1. The first kappa shape index (κ1) is 11.6. The molecule has 5 heteroatoms. The van der Waals surface area contributed by atoms with E-state index in [0.717, 1.165) is 11.0 Å². The minimum Gasteiger partial charge on any atom is -0.298 e. The van der Waals surface area contributed by atoms with E-state index in [1.807, 2.05) is 6.92 Å².